The number of nitrogens with one attached hydrogen (secondary N) is 1. The summed E-state index contributed by atoms with van der Waals surface area (Å²) < 4.78 is 72.3. The van der Waals surface area contributed by atoms with Crippen LogP contribution < -0.4 is 14.9 Å². The Hall–Kier alpha value is -5.38. The number of rotatable bonds is 9. The van der Waals surface area contributed by atoms with Crippen LogP contribution in [0, 0.1) is 20.2 Å². The average molecular weight is 623 g/mol. The van der Waals surface area contributed by atoms with Gasteiger partial charge in [-0.05, 0) is 29.1 Å². The van der Waals surface area contributed by atoms with Crippen molar-refractivity contribution in [1.29, 1.82) is 0 Å². The molecule has 1 heterocycles. The maximum Gasteiger partial charge on any atom is 0.397 e. The molecule has 0 saturated heterocycles. The van der Waals surface area contributed by atoms with Gasteiger partial charge < -0.3 is 10.1 Å². The van der Waals surface area contributed by atoms with Crippen molar-refractivity contribution < 1.29 is 50.1 Å². The Labute approximate surface area is 234 Å². The Morgan fingerprint density at radius 1 is 0.929 bits per heavy atom. The van der Waals surface area contributed by atoms with Gasteiger partial charge in [-0.15, -0.1) is 0 Å². The highest BCUT2D eigenvalue weighted by atomic mass is 32.2. The van der Waals surface area contributed by atoms with Crippen LogP contribution in [0.25, 0.3) is 11.4 Å². The molecule has 4 rings (SSSR count). The minimum absolute atomic E-state index is 0.302. The first-order valence-electron chi connectivity index (χ1n) is 11.0. The van der Waals surface area contributed by atoms with Crippen LogP contribution in [0.1, 0.15) is 10.6 Å². The van der Waals surface area contributed by atoms with Crippen molar-refractivity contribution in [3.8, 4) is 17.1 Å². The molecule has 0 aliphatic heterocycles. The van der Waals surface area contributed by atoms with Gasteiger partial charge in [-0.3, -0.25) is 34.1 Å². The number of tetrazole rings is 1. The number of ether oxygens (including phenoxy) is 1. The second kappa shape index (κ2) is 10.9. The fraction of sp³-hybridized carbons (Fsp3) is 0.0476. The molecule has 218 valence electrons. The van der Waals surface area contributed by atoms with Crippen molar-refractivity contribution in [2.75, 3.05) is 12.4 Å². The zero-order valence-electron chi connectivity index (χ0n) is 20.8. The molecule has 4 aromatic rings. The van der Waals surface area contributed by atoms with Crippen LogP contribution in [0.4, 0.5) is 17.1 Å². The zero-order valence-corrected chi connectivity index (χ0v) is 22.4. The largest absolute Gasteiger partial charge is 0.492 e. The number of para-hydroxylation sites is 1. The summed E-state index contributed by atoms with van der Waals surface area (Å²) in [6.07, 6.45) is 0. The molecule has 0 unspecified atom stereocenters. The van der Waals surface area contributed by atoms with Crippen molar-refractivity contribution in [3.63, 3.8) is 0 Å². The highest BCUT2D eigenvalue weighted by Crippen LogP contribution is 2.32. The third-order valence-electron chi connectivity index (χ3n) is 5.39. The highest BCUT2D eigenvalue weighted by Gasteiger charge is 2.35. The molecule has 0 aliphatic rings. The Kier molecular flexibility index (Phi) is 7.67. The summed E-state index contributed by atoms with van der Waals surface area (Å²) in [5.41, 5.74) is -2.66. The molecular formula is C21H16N7O12S2+. The van der Waals surface area contributed by atoms with Crippen LogP contribution in [-0.2, 0) is 20.2 Å². The van der Waals surface area contributed by atoms with E-state index >= 15 is 0 Å². The molecule has 0 bridgehead atoms. The van der Waals surface area contributed by atoms with Crippen LogP contribution >= 0.6 is 0 Å². The number of carbonyl (C=O) groups is 1. The first kappa shape index (κ1) is 29.6. The van der Waals surface area contributed by atoms with Crippen molar-refractivity contribution in [3.05, 3.63) is 86.7 Å². The molecule has 1 aromatic heterocycles. The molecule has 19 nitrogen and oxygen atoms in total. The van der Waals surface area contributed by atoms with Gasteiger partial charge in [0, 0.05) is 27.7 Å². The fourth-order valence-electron chi connectivity index (χ4n) is 3.60. The molecule has 1 amide bonds. The first-order valence-corrected chi connectivity index (χ1v) is 13.9. The van der Waals surface area contributed by atoms with E-state index in [1.165, 1.54) is 12.1 Å². The predicted molar refractivity (Wildman–Crippen MR) is 137 cm³/mol. The maximum absolute atomic E-state index is 13.0. The van der Waals surface area contributed by atoms with E-state index in [0.717, 1.165) is 13.2 Å². The van der Waals surface area contributed by atoms with Gasteiger partial charge >= 0.3 is 32.0 Å². The van der Waals surface area contributed by atoms with Gasteiger partial charge in [-0.2, -0.15) is 16.8 Å². The fourth-order valence-corrected chi connectivity index (χ4v) is 4.93. The maximum atomic E-state index is 13.0. The van der Waals surface area contributed by atoms with E-state index in [-0.39, 0.29) is 5.69 Å². The number of nitro benzene ring substituents is 2. The van der Waals surface area contributed by atoms with Crippen LogP contribution in [0.15, 0.2) is 70.5 Å². The number of amides is 1. The number of nitrogens with zero attached hydrogens (tertiary/aromatic N) is 6. The summed E-state index contributed by atoms with van der Waals surface area (Å²) in [6.45, 7) is 0. The number of hydrogen-bond donors (Lipinski definition) is 3. The van der Waals surface area contributed by atoms with Crippen LogP contribution in [0.2, 0.25) is 0 Å². The van der Waals surface area contributed by atoms with Gasteiger partial charge in [0.1, 0.15) is 5.69 Å². The standard InChI is InChI=1S/C21H15N7O12S2/c1-40-17-10-16(28(32)33)19(42(37,38)39)11-15(17)26-24-20(21(29)22-12-5-3-2-4-6-12)23-25(26)13-7-8-14(27(30)31)18(9-13)41(34,35)36/h2-11H,1H3,(H2-,22,29,34,35,36,37,38,39)/p+1. The number of benzene rings is 3. The normalized spacial score (nSPS) is 11.6. The van der Waals surface area contributed by atoms with Gasteiger partial charge in [0.25, 0.3) is 11.4 Å². The molecular weight excluding hydrogens is 606 g/mol. The minimum Gasteiger partial charge on any atom is -0.492 e. The molecule has 0 radical (unpaired) electrons. The third kappa shape index (κ3) is 5.87. The van der Waals surface area contributed by atoms with E-state index in [4.69, 9.17) is 4.74 Å². The van der Waals surface area contributed by atoms with Crippen molar-refractivity contribution in [1.82, 2.24) is 15.0 Å². The smallest absolute Gasteiger partial charge is 0.397 e. The SMILES string of the molecule is COc1cc([N+](=O)[O-])c(S(=O)(=O)O)cc1-[n+]1nc(C(=O)Nc2ccccc2)nn1-c1ccc([N+](=O)[O-])c(S(=O)(=O)O)c1. The molecule has 0 fully saturated rings. The van der Waals surface area contributed by atoms with Gasteiger partial charge in [-0.25, -0.2) is 0 Å². The number of hydrogen-bond acceptors (Lipinski definition) is 12. The summed E-state index contributed by atoms with van der Waals surface area (Å²) in [6, 6.07) is 11.4. The summed E-state index contributed by atoms with van der Waals surface area (Å²) in [5, 5.41) is 33.3. The average Bonchev–Trinajstić information content (AvgIpc) is 3.37. The molecule has 0 atom stereocenters. The second-order valence-corrected chi connectivity index (χ2v) is 10.8. The molecule has 42 heavy (non-hydrogen) atoms. The molecule has 0 spiro atoms. The Balaban J connectivity index is 2.04. The van der Waals surface area contributed by atoms with Gasteiger partial charge in [-0.1, -0.05) is 18.2 Å². The summed E-state index contributed by atoms with van der Waals surface area (Å²) in [5.74, 6) is -2.01. The van der Waals surface area contributed by atoms with Crippen LogP contribution in [0.5, 0.6) is 5.75 Å². The van der Waals surface area contributed by atoms with E-state index in [1.807, 2.05) is 0 Å². The number of carbonyl (C=O) groups excluding carboxylic acids is 1. The van der Waals surface area contributed by atoms with Crippen LogP contribution in [0.3, 0.4) is 0 Å². The van der Waals surface area contributed by atoms with Gasteiger partial charge in [0.2, 0.25) is 5.69 Å². The third-order valence-corrected chi connectivity index (χ3v) is 7.16. The Morgan fingerprint density at radius 3 is 2.07 bits per heavy atom. The van der Waals surface area contributed by atoms with E-state index in [0.29, 0.717) is 39.5 Å². The van der Waals surface area contributed by atoms with E-state index in [9.17, 15) is 51.0 Å². The molecule has 0 saturated carbocycles. The molecule has 3 aromatic carbocycles. The van der Waals surface area contributed by atoms with Crippen molar-refractivity contribution >= 4 is 43.2 Å². The van der Waals surface area contributed by atoms with Crippen molar-refractivity contribution in [2.45, 2.75) is 9.79 Å². The highest BCUT2D eigenvalue weighted by molar-refractivity contribution is 7.86. The zero-order chi connectivity index (χ0) is 31.0. The quantitative estimate of drug-likeness (QED) is 0.102. The summed E-state index contributed by atoms with van der Waals surface area (Å²) in [4.78, 5) is 32.6. The first-order chi connectivity index (χ1) is 19.6. The Bertz CT molecular complexity index is 1980. The Morgan fingerprint density at radius 2 is 1.52 bits per heavy atom. The summed E-state index contributed by atoms with van der Waals surface area (Å²) >= 11 is 0. The monoisotopic (exact) mass is 622 g/mol. The molecule has 21 heteroatoms. The number of methoxy groups -OCH3 is 1. The number of anilines is 1. The van der Waals surface area contributed by atoms with E-state index in [1.54, 1.807) is 18.2 Å². The lowest BCUT2D eigenvalue weighted by Gasteiger charge is -2.08. The number of nitro groups is 2. The topological polar surface area (TPSA) is 268 Å². The van der Waals surface area contributed by atoms with E-state index < -0.39 is 74.4 Å². The second-order valence-electron chi connectivity index (χ2n) is 8.03. The van der Waals surface area contributed by atoms with Crippen molar-refractivity contribution in [2.24, 2.45) is 0 Å². The minimum atomic E-state index is -5.24. The molecule has 0 aliphatic carbocycles. The molecule has 3 N–H and O–H groups in total. The van der Waals surface area contributed by atoms with Gasteiger partial charge in [0.05, 0.1) is 28.1 Å². The van der Waals surface area contributed by atoms with Crippen LogP contribution in [-0.4, -0.2) is 63.8 Å². The lowest BCUT2D eigenvalue weighted by atomic mass is 10.2. The van der Waals surface area contributed by atoms with Gasteiger partial charge in [0.15, 0.2) is 15.5 Å². The predicted octanol–water partition coefficient (Wildman–Crippen LogP) is 1.11. The van der Waals surface area contributed by atoms with E-state index in [2.05, 4.69) is 15.5 Å². The summed E-state index contributed by atoms with van der Waals surface area (Å²) in [7, 11) is -9.39. The lowest BCUT2D eigenvalue weighted by molar-refractivity contribution is -0.735. The lowest BCUT2D eigenvalue weighted by Crippen LogP contribution is -2.44. The number of aromatic nitrogens is 4.